The molecule has 1 rings (SSSR count). The molecule has 0 bridgehead atoms. The number of hydrogen-bond acceptors (Lipinski definition) is 2. The minimum atomic E-state index is -0.792. The van der Waals surface area contributed by atoms with Gasteiger partial charge in [-0.3, -0.25) is 0 Å². The van der Waals surface area contributed by atoms with Crippen molar-refractivity contribution in [2.45, 2.75) is 76.9 Å². The molecule has 15 heavy (non-hydrogen) atoms. The molecule has 0 heterocycles. The van der Waals surface area contributed by atoms with Crippen molar-refractivity contribution < 1.29 is 10.2 Å². The van der Waals surface area contributed by atoms with Crippen LogP contribution >= 0.6 is 0 Å². The molecule has 2 nitrogen and oxygen atoms in total. The van der Waals surface area contributed by atoms with Crippen LogP contribution < -0.4 is 0 Å². The van der Waals surface area contributed by atoms with Crippen LogP contribution in [0, 0.1) is 5.92 Å². The third kappa shape index (κ3) is 3.76. The number of aliphatic hydroxyl groups excluding tert-OH is 1. The third-order valence-electron chi connectivity index (χ3n) is 3.91. The summed E-state index contributed by atoms with van der Waals surface area (Å²) in [5.41, 5.74) is -0.792. The van der Waals surface area contributed by atoms with Crippen LogP contribution in [-0.2, 0) is 0 Å². The van der Waals surface area contributed by atoms with Crippen LogP contribution in [0.1, 0.15) is 65.2 Å². The van der Waals surface area contributed by atoms with Gasteiger partial charge in [0.25, 0.3) is 0 Å². The monoisotopic (exact) mass is 214 g/mol. The molecular formula is C13H26O2. The summed E-state index contributed by atoms with van der Waals surface area (Å²) in [4.78, 5) is 0. The molecular weight excluding hydrogens is 188 g/mol. The van der Waals surface area contributed by atoms with E-state index in [2.05, 4.69) is 13.8 Å². The molecule has 2 N–H and O–H groups in total. The molecule has 1 aliphatic carbocycles. The lowest BCUT2D eigenvalue weighted by Gasteiger charge is -2.33. The van der Waals surface area contributed by atoms with E-state index in [0.717, 1.165) is 38.5 Å². The summed E-state index contributed by atoms with van der Waals surface area (Å²) in [6.45, 7) is 4.28. The van der Waals surface area contributed by atoms with E-state index >= 15 is 0 Å². The summed E-state index contributed by atoms with van der Waals surface area (Å²) in [5.74, 6) is 0.507. The highest BCUT2D eigenvalue weighted by atomic mass is 16.3. The van der Waals surface area contributed by atoms with E-state index in [9.17, 15) is 10.2 Å². The average molecular weight is 214 g/mol. The van der Waals surface area contributed by atoms with Crippen LogP contribution in [0.5, 0.6) is 0 Å². The van der Waals surface area contributed by atoms with Crippen LogP contribution in [0.2, 0.25) is 0 Å². The van der Waals surface area contributed by atoms with E-state index in [1.807, 2.05) is 0 Å². The highest BCUT2D eigenvalue weighted by molar-refractivity contribution is 4.88. The Morgan fingerprint density at radius 1 is 1.13 bits per heavy atom. The number of aliphatic hydroxyl groups is 2. The maximum absolute atomic E-state index is 10.4. The number of rotatable bonds is 4. The van der Waals surface area contributed by atoms with Gasteiger partial charge in [0.15, 0.2) is 0 Å². The highest BCUT2D eigenvalue weighted by Gasteiger charge is 2.36. The van der Waals surface area contributed by atoms with E-state index in [0.29, 0.717) is 5.92 Å². The second-order valence-electron chi connectivity index (χ2n) is 5.28. The quantitative estimate of drug-likeness (QED) is 0.706. The van der Waals surface area contributed by atoms with E-state index in [4.69, 9.17) is 0 Å². The van der Waals surface area contributed by atoms with Gasteiger partial charge < -0.3 is 10.2 Å². The molecule has 0 radical (unpaired) electrons. The Labute approximate surface area is 93.7 Å². The molecule has 0 aromatic heterocycles. The second-order valence-corrected chi connectivity index (χ2v) is 5.28. The molecule has 0 aromatic carbocycles. The lowest BCUT2D eigenvalue weighted by Crippen LogP contribution is -2.42. The van der Waals surface area contributed by atoms with Gasteiger partial charge in [-0.25, -0.2) is 0 Å². The molecule has 1 aliphatic rings. The Kier molecular flexibility index (Phi) is 5.07. The summed E-state index contributed by atoms with van der Waals surface area (Å²) in [6.07, 6.45) is 7.40. The van der Waals surface area contributed by atoms with Crippen LogP contribution in [-0.4, -0.2) is 21.9 Å². The van der Waals surface area contributed by atoms with Gasteiger partial charge in [-0.05, 0) is 25.2 Å². The third-order valence-corrected chi connectivity index (χ3v) is 3.91. The van der Waals surface area contributed by atoms with Crippen LogP contribution in [0.25, 0.3) is 0 Å². The first kappa shape index (κ1) is 13.0. The van der Waals surface area contributed by atoms with Crippen molar-refractivity contribution in [3.63, 3.8) is 0 Å². The second kappa shape index (κ2) is 5.86. The topological polar surface area (TPSA) is 40.5 Å². The summed E-state index contributed by atoms with van der Waals surface area (Å²) in [5, 5.41) is 20.5. The molecule has 1 saturated carbocycles. The summed E-state index contributed by atoms with van der Waals surface area (Å²) in [6, 6.07) is 0. The molecule has 2 atom stereocenters. The summed E-state index contributed by atoms with van der Waals surface area (Å²) < 4.78 is 0. The van der Waals surface area contributed by atoms with Gasteiger partial charge in [0.1, 0.15) is 0 Å². The van der Waals surface area contributed by atoms with Crippen LogP contribution in [0.3, 0.4) is 0 Å². The summed E-state index contributed by atoms with van der Waals surface area (Å²) in [7, 11) is 0. The van der Waals surface area contributed by atoms with E-state index in [1.54, 1.807) is 0 Å². The molecule has 2 unspecified atom stereocenters. The Morgan fingerprint density at radius 3 is 2.13 bits per heavy atom. The molecule has 2 heteroatoms. The summed E-state index contributed by atoms with van der Waals surface area (Å²) >= 11 is 0. The normalized spacial score (nSPS) is 25.6. The molecule has 0 saturated heterocycles. The first-order valence-electron chi connectivity index (χ1n) is 6.49. The van der Waals surface area contributed by atoms with Crippen LogP contribution in [0.4, 0.5) is 0 Å². The van der Waals surface area contributed by atoms with E-state index < -0.39 is 11.7 Å². The van der Waals surface area contributed by atoms with Gasteiger partial charge in [0.2, 0.25) is 0 Å². The zero-order valence-electron chi connectivity index (χ0n) is 10.2. The van der Waals surface area contributed by atoms with E-state index in [1.165, 1.54) is 12.8 Å². The van der Waals surface area contributed by atoms with Crippen molar-refractivity contribution in [3.8, 4) is 0 Å². The maximum Gasteiger partial charge on any atom is 0.0905 e. The minimum Gasteiger partial charge on any atom is -0.390 e. The standard InChI is InChI=1S/C13H26O2/c1-3-11(2)10-12(14)13(15)8-6-4-5-7-9-13/h11-12,14-15H,3-10H2,1-2H3. The fourth-order valence-electron chi connectivity index (χ4n) is 2.44. The SMILES string of the molecule is CCC(C)CC(O)C1(O)CCCCCC1. The van der Waals surface area contributed by atoms with Crippen molar-refractivity contribution in [1.82, 2.24) is 0 Å². The zero-order chi connectivity index (χ0) is 11.3. The minimum absolute atomic E-state index is 0.507. The predicted molar refractivity (Wildman–Crippen MR) is 62.7 cm³/mol. The largest absolute Gasteiger partial charge is 0.390 e. The number of hydrogen-bond donors (Lipinski definition) is 2. The first-order chi connectivity index (χ1) is 7.08. The molecule has 0 spiro atoms. The molecule has 1 fully saturated rings. The van der Waals surface area contributed by atoms with Crippen molar-refractivity contribution in [2.75, 3.05) is 0 Å². The fraction of sp³-hybridized carbons (Fsp3) is 1.00. The lowest BCUT2D eigenvalue weighted by molar-refractivity contribution is -0.0923. The smallest absolute Gasteiger partial charge is 0.0905 e. The molecule has 90 valence electrons. The van der Waals surface area contributed by atoms with Gasteiger partial charge in [0.05, 0.1) is 11.7 Å². The van der Waals surface area contributed by atoms with Gasteiger partial charge >= 0.3 is 0 Å². The van der Waals surface area contributed by atoms with Gasteiger partial charge in [-0.1, -0.05) is 46.0 Å². The Bertz CT molecular complexity index is 171. The van der Waals surface area contributed by atoms with Crippen molar-refractivity contribution >= 4 is 0 Å². The Morgan fingerprint density at radius 2 is 1.67 bits per heavy atom. The van der Waals surface area contributed by atoms with E-state index in [-0.39, 0.29) is 0 Å². The molecule has 0 aromatic rings. The molecule has 0 aliphatic heterocycles. The Hall–Kier alpha value is -0.0800. The zero-order valence-corrected chi connectivity index (χ0v) is 10.2. The first-order valence-corrected chi connectivity index (χ1v) is 6.49. The molecule has 0 amide bonds. The van der Waals surface area contributed by atoms with Crippen molar-refractivity contribution in [3.05, 3.63) is 0 Å². The van der Waals surface area contributed by atoms with Gasteiger partial charge in [0, 0.05) is 0 Å². The maximum atomic E-state index is 10.4. The van der Waals surface area contributed by atoms with Crippen molar-refractivity contribution in [2.24, 2.45) is 5.92 Å². The Balaban J connectivity index is 2.50. The highest BCUT2D eigenvalue weighted by Crippen LogP contribution is 2.32. The predicted octanol–water partition coefficient (Wildman–Crippen LogP) is 2.87. The average Bonchev–Trinajstić information content (AvgIpc) is 2.44. The van der Waals surface area contributed by atoms with Gasteiger partial charge in [-0.15, -0.1) is 0 Å². The van der Waals surface area contributed by atoms with Crippen LogP contribution in [0.15, 0.2) is 0 Å². The lowest BCUT2D eigenvalue weighted by atomic mass is 9.83. The van der Waals surface area contributed by atoms with Crippen molar-refractivity contribution in [1.29, 1.82) is 0 Å². The van der Waals surface area contributed by atoms with Gasteiger partial charge in [-0.2, -0.15) is 0 Å². The fourth-order valence-corrected chi connectivity index (χ4v) is 2.44.